The van der Waals surface area contributed by atoms with Gasteiger partial charge in [0.2, 0.25) is 0 Å². The smallest absolute Gasteiger partial charge is 0.125 e. The Morgan fingerprint density at radius 2 is 1.79 bits per heavy atom. The van der Waals surface area contributed by atoms with Gasteiger partial charge in [-0.15, -0.1) is 0 Å². The number of aliphatic hydroxyl groups excluding tert-OH is 2. The Bertz CT molecular complexity index is 754. The van der Waals surface area contributed by atoms with Crippen molar-refractivity contribution in [2.75, 3.05) is 0 Å². The van der Waals surface area contributed by atoms with E-state index in [1.807, 2.05) is 24.3 Å². The fraction of sp³-hybridized carbons (Fsp3) is 0.263. The van der Waals surface area contributed by atoms with E-state index in [9.17, 15) is 15.3 Å². The minimum absolute atomic E-state index is 0.223. The van der Waals surface area contributed by atoms with Crippen LogP contribution >= 0.6 is 11.6 Å². The molecule has 0 aromatic heterocycles. The molecule has 3 unspecified atom stereocenters. The van der Waals surface area contributed by atoms with Crippen LogP contribution in [-0.4, -0.2) is 33.6 Å². The van der Waals surface area contributed by atoms with Gasteiger partial charge in [-0.3, -0.25) is 0 Å². The maximum absolute atomic E-state index is 9.91. The highest BCUT2D eigenvalue weighted by atomic mass is 35.5. The number of benzene rings is 2. The number of hydrogen-bond acceptors (Lipinski definition) is 4. The first kappa shape index (κ1) is 16.8. The molecule has 3 atom stereocenters. The van der Waals surface area contributed by atoms with Crippen molar-refractivity contribution < 1.29 is 20.1 Å². The Morgan fingerprint density at radius 3 is 2.46 bits per heavy atom. The van der Waals surface area contributed by atoms with E-state index < -0.39 is 18.3 Å². The van der Waals surface area contributed by atoms with E-state index in [1.54, 1.807) is 25.1 Å². The molecule has 1 aliphatic rings. The Hall–Kier alpha value is -2.01. The third kappa shape index (κ3) is 3.56. The zero-order valence-corrected chi connectivity index (χ0v) is 13.9. The van der Waals surface area contributed by atoms with E-state index in [2.05, 4.69) is 0 Å². The van der Waals surface area contributed by atoms with Crippen LogP contribution < -0.4 is 0 Å². The number of aliphatic hydroxyl groups is 2. The van der Waals surface area contributed by atoms with Crippen LogP contribution in [-0.2, 0) is 11.2 Å². The number of halogens is 1. The predicted molar refractivity (Wildman–Crippen MR) is 92.9 cm³/mol. The van der Waals surface area contributed by atoms with Crippen LogP contribution in [0.4, 0.5) is 0 Å². The maximum Gasteiger partial charge on any atom is 0.125 e. The second kappa shape index (κ2) is 6.85. The zero-order valence-electron chi connectivity index (χ0n) is 13.2. The number of aromatic hydroxyl groups is 1. The van der Waals surface area contributed by atoms with Gasteiger partial charge in [-0.1, -0.05) is 23.7 Å². The Balaban J connectivity index is 1.89. The maximum atomic E-state index is 9.91. The van der Waals surface area contributed by atoms with Gasteiger partial charge >= 0.3 is 0 Å². The van der Waals surface area contributed by atoms with E-state index in [0.29, 0.717) is 17.2 Å². The number of hydrogen-bond donors (Lipinski definition) is 3. The predicted octanol–water partition coefficient (Wildman–Crippen LogP) is 3.12. The lowest BCUT2D eigenvalue weighted by Gasteiger charge is -2.30. The van der Waals surface area contributed by atoms with Crippen molar-refractivity contribution in [3.63, 3.8) is 0 Å². The topological polar surface area (TPSA) is 69.9 Å². The van der Waals surface area contributed by atoms with E-state index in [-0.39, 0.29) is 5.75 Å². The molecule has 0 fully saturated rings. The molecule has 0 amide bonds. The first-order chi connectivity index (χ1) is 11.4. The average molecular weight is 347 g/mol. The molecule has 5 heteroatoms. The molecule has 0 radical (unpaired) electrons. The van der Waals surface area contributed by atoms with Crippen molar-refractivity contribution in [2.24, 2.45) is 0 Å². The minimum atomic E-state index is -0.958. The molecular formula is C19H19ClO4. The van der Waals surface area contributed by atoms with Crippen LogP contribution in [0.1, 0.15) is 23.6 Å². The van der Waals surface area contributed by atoms with Gasteiger partial charge in [-0.25, -0.2) is 0 Å². The van der Waals surface area contributed by atoms with Gasteiger partial charge in [0.05, 0.1) is 0 Å². The molecule has 2 aromatic rings. The number of rotatable bonds is 3. The second-order valence-corrected chi connectivity index (χ2v) is 6.39. The summed E-state index contributed by atoms with van der Waals surface area (Å²) in [6.07, 6.45) is -0.257. The molecule has 3 rings (SSSR count). The number of phenolic OH excluding ortho intramolecular Hbond substituents is 1. The second-order valence-electron chi connectivity index (χ2n) is 5.98. The van der Waals surface area contributed by atoms with E-state index in [4.69, 9.17) is 16.3 Å². The fourth-order valence-electron chi connectivity index (χ4n) is 2.70. The summed E-state index contributed by atoms with van der Waals surface area (Å²) in [4.78, 5) is 0. The lowest BCUT2D eigenvalue weighted by Crippen LogP contribution is -2.39. The summed E-state index contributed by atoms with van der Waals surface area (Å²) in [5.74, 6) is 0.754. The number of phenols is 1. The Labute approximate surface area is 145 Å². The van der Waals surface area contributed by atoms with Crippen LogP contribution in [0.15, 0.2) is 48.5 Å². The summed E-state index contributed by atoms with van der Waals surface area (Å²) in [6.45, 7) is 1.72. The summed E-state index contributed by atoms with van der Waals surface area (Å²) in [5.41, 5.74) is 2.73. The molecule has 0 saturated heterocycles. The molecule has 1 heterocycles. The molecule has 24 heavy (non-hydrogen) atoms. The van der Waals surface area contributed by atoms with E-state index in [0.717, 1.165) is 16.7 Å². The van der Waals surface area contributed by atoms with E-state index >= 15 is 0 Å². The highest BCUT2D eigenvalue weighted by Gasteiger charge is 2.29. The molecule has 3 N–H and O–H groups in total. The summed E-state index contributed by atoms with van der Waals surface area (Å²) in [5, 5.41) is 29.7. The lowest BCUT2D eigenvalue weighted by atomic mass is 9.99. The first-order valence-corrected chi connectivity index (χ1v) is 8.13. The zero-order chi connectivity index (χ0) is 17.3. The van der Waals surface area contributed by atoms with Gasteiger partial charge in [-0.2, -0.15) is 0 Å². The van der Waals surface area contributed by atoms with Gasteiger partial charge in [0.15, 0.2) is 0 Å². The monoisotopic (exact) mass is 346 g/mol. The molecule has 2 aromatic carbocycles. The van der Waals surface area contributed by atoms with Gasteiger partial charge in [-0.05, 0) is 60.9 Å². The van der Waals surface area contributed by atoms with Gasteiger partial charge in [0.1, 0.15) is 29.8 Å². The third-order valence-electron chi connectivity index (χ3n) is 4.13. The largest absolute Gasteiger partial charge is 0.508 e. The van der Waals surface area contributed by atoms with Gasteiger partial charge in [0, 0.05) is 10.6 Å². The average Bonchev–Trinajstić information content (AvgIpc) is 2.56. The molecule has 0 aliphatic carbocycles. The van der Waals surface area contributed by atoms with Crippen LogP contribution in [0.5, 0.6) is 5.75 Å². The molecule has 0 bridgehead atoms. The number of ether oxygens (including phenoxy) is 1. The fourth-order valence-corrected chi connectivity index (χ4v) is 2.89. The third-order valence-corrected chi connectivity index (χ3v) is 4.50. The van der Waals surface area contributed by atoms with Crippen molar-refractivity contribution in [1.82, 2.24) is 0 Å². The summed E-state index contributed by atoms with van der Waals surface area (Å²) >= 11 is 6.30. The highest BCUT2D eigenvalue weighted by Crippen LogP contribution is 2.29. The van der Waals surface area contributed by atoms with Crippen molar-refractivity contribution in [1.29, 1.82) is 0 Å². The molecule has 0 saturated carbocycles. The summed E-state index contributed by atoms with van der Waals surface area (Å²) < 4.78 is 5.69. The minimum Gasteiger partial charge on any atom is -0.508 e. The van der Waals surface area contributed by atoms with Crippen molar-refractivity contribution >= 4 is 17.4 Å². The highest BCUT2D eigenvalue weighted by molar-refractivity contribution is 6.31. The van der Waals surface area contributed by atoms with Crippen LogP contribution in [0.25, 0.3) is 5.76 Å². The lowest BCUT2D eigenvalue weighted by molar-refractivity contribution is -0.0456. The van der Waals surface area contributed by atoms with Gasteiger partial charge < -0.3 is 20.1 Å². The normalized spacial score (nSPS) is 23.5. The first-order valence-electron chi connectivity index (χ1n) is 7.75. The Morgan fingerprint density at radius 1 is 1.08 bits per heavy atom. The summed E-state index contributed by atoms with van der Waals surface area (Å²) in [7, 11) is 0. The SMILES string of the molecule is CC1OC(c2ccc(Cl)c(Cc3ccc(O)cc3)c2)=CC(O)C1O. The summed E-state index contributed by atoms with van der Waals surface area (Å²) in [6, 6.07) is 12.5. The molecule has 4 nitrogen and oxygen atoms in total. The van der Waals surface area contributed by atoms with Crippen LogP contribution in [0.2, 0.25) is 5.02 Å². The molecule has 126 valence electrons. The molecular weight excluding hydrogens is 328 g/mol. The van der Waals surface area contributed by atoms with Crippen LogP contribution in [0.3, 0.4) is 0 Å². The quantitative estimate of drug-likeness (QED) is 0.798. The molecule has 0 spiro atoms. The van der Waals surface area contributed by atoms with Crippen molar-refractivity contribution in [2.45, 2.75) is 31.7 Å². The molecule has 1 aliphatic heterocycles. The standard InChI is InChI=1S/C19H19ClO4/c1-11-19(23)17(22)10-18(24-11)13-4-7-16(20)14(9-13)8-12-2-5-15(21)6-3-12/h2-7,9-11,17,19,21-23H,8H2,1H3. The van der Waals surface area contributed by atoms with Crippen molar-refractivity contribution in [3.8, 4) is 5.75 Å². The van der Waals surface area contributed by atoms with E-state index in [1.165, 1.54) is 6.08 Å². The van der Waals surface area contributed by atoms with Gasteiger partial charge in [0.25, 0.3) is 0 Å². The Kier molecular flexibility index (Phi) is 4.81. The van der Waals surface area contributed by atoms with Crippen molar-refractivity contribution in [3.05, 3.63) is 70.3 Å². The van der Waals surface area contributed by atoms with Crippen LogP contribution in [0, 0.1) is 0 Å².